The molecule has 2 aromatic carbocycles. The first-order valence-electron chi connectivity index (χ1n) is 6.59. The Hall–Kier alpha value is -1.42. The lowest BCUT2D eigenvalue weighted by Gasteiger charge is -2.09. The SMILES string of the molecule is Fc1cc(Br)cc(F)c1NCCCCc1ccccc1. The summed E-state index contributed by atoms with van der Waals surface area (Å²) in [6.45, 7) is 0.558. The molecule has 0 unspecified atom stereocenters. The van der Waals surface area contributed by atoms with E-state index in [1.165, 1.54) is 17.7 Å². The van der Waals surface area contributed by atoms with Crippen LogP contribution >= 0.6 is 15.9 Å². The Morgan fingerprint density at radius 1 is 0.950 bits per heavy atom. The normalized spacial score (nSPS) is 10.6. The molecule has 0 heterocycles. The molecule has 2 aromatic rings. The van der Waals surface area contributed by atoms with E-state index in [1.54, 1.807) is 0 Å². The first kappa shape index (κ1) is 15.0. The summed E-state index contributed by atoms with van der Waals surface area (Å²) in [5.41, 5.74) is 1.24. The van der Waals surface area contributed by atoms with Gasteiger partial charge < -0.3 is 5.32 Å². The van der Waals surface area contributed by atoms with E-state index in [9.17, 15) is 8.78 Å². The standard InChI is InChI=1S/C16H16BrF2N/c17-13-10-14(18)16(15(19)11-13)20-9-5-4-8-12-6-2-1-3-7-12/h1-3,6-7,10-11,20H,4-5,8-9H2. The van der Waals surface area contributed by atoms with Crippen LogP contribution in [0.2, 0.25) is 0 Å². The van der Waals surface area contributed by atoms with Gasteiger partial charge in [0.05, 0.1) is 0 Å². The molecule has 0 spiro atoms. The second kappa shape index (κ2) is 7.39. The molecule has 1 N–H and O–H groups in total. The van der Waals surface area contributed by atoms with Gasteiger partial charge in [0.2, 0.25) is 0 Å². The number of halogens is 3. The molecule has 0 aliphatic heterocycles. The van der Waals surface area contributed by atoms with Crippen LogP contribution in [0, 0.1) is 11.6 Å². The van der Waals surface area contributed by atoms with Gasteiger partial charge in [-0.25, -0.2) is 8.78 Å². The third kappa shape index (κ3) is 4.30. The maximum Gasteiger partial charge on any atom is 0.150 e. The van der Waals surface area contributed by atoms with Crippen LogP contribution in [0.4, 0.5) is 14.5 Å². The van der Waals surface area contributed by atoms with Gasteiger partial charge >= 0.3 is 0 Å². The molecule has 0 aliphatic carbocycles. The van der Waals surface area contributed by atoms with Gasteiger partial charge in [0.25, 0.3) is 0 Å². The van der Waals surface area contributed by atoms with Crippen molar-refractivity contribution in [2.24, 2.45) is 0 Å². The van der Waals surface area contributed by atoms with Crippen molar-refractivity contribution in [1.29, 1.82) is 0 Å². The molecule has 106 valence electrons. The Labute approximate surface area is 126 Å². The van der Waals surface area contributed by atoms with Crippen molar-refractivity contribution in [2.75, 3.05) is 11.9 Å². The highest BCUT2D eigenvalue weighted by Crippen LogP contribution is 2.23. The third-order valence-corrected chi connectivity index (χ3v) is 3.50. The lowest BCUT2D eigenvalue weighted by molar-refractivity contribution is 0.585. The Morgan fingerprint density at radius 2 is 1.60 bits per heavy atom. The summed E-state index contributed by atoms with van der Waals surface area (Å²) in [6, 6.07) is 12.7. The van der Waals surface area contributed by atoms with Gasteiger partial charge in [-0.2, -0.15) is 0 Å². The smallest absolute Gasteiger partial charge is 0.150 e. The molecule has 0 radical (unpaired) electrons. The summed E-state index contributed by atoms with van der Waals surface area (Å²) >= 11 is 3.06. The number of aryl methyl sites for hydroxylation is 1. The Kier molecular flexibility index (Phi) is 5.53. The van der Waals surface area contributed by atoms with Crippen molar-refractivity contribution in [3.63, 3.8) is 0 Å². The minimum absolute atomic E-state index is 0.0482. The van der Waals surface area contributed by atoms with Crippen LogP contribution in [0.1, 0.15) is 18.4 Å². The van der Waals surface area contributed by atoms with Crippen LogP contribution in [0.3, 0.4) is 0 Å². The maximum absolute atomic E-state index is 13.6. The highest BCUT2D eigenvalue weighted by Gasteiger charge is 2.09. The highest BCUT2D eigenvalue weighted by molar-refractivity contribution is 9.10. The minimum atomic E-state index is -0.570. The van der Waals surface area contributed by atoms with Crippen LogP contribution in [-0.2, 0) is 6.42 Å². The van der Waals surface area contributed by atoms with Crippen molar-refractivity contribution in [3.05, 3.63) is 64.1 Å². The molecule has 0 aromatic heterocycles. The molecular formula is C16H16BrF2N. The van der Waals surface area contributed by atoms with Crippen LogP contribution < -0.4 is 5.32 Å². The number of hydrogen-bond donors (Lipinski definition) is 1. The van der Waals surface area contributed by atoms with E-state index in [2.05, 4.69) is 33.4 Å². The van der Waals surface area contributed by atoms with Gasteiger partial charge in [0.1, 0.15) is 17.3 Å². The summed E-state index contributed by atoms with van der Waals surface area (Å²) in [5, 5.41) is 2.82. The van der Waals surface area contributed by atoms with Crippen molar-refractivity contribution >= 4 is 21.6 Å². The lowest BCUT2D eigenvalue weighted by atomic mass is 10.1. The summed E-state index contributed by atoms with van der Waals surface area (Å²) in [4.78, 5) is 0. The molecule has 0 amide bonds. The second-order valence-electron chi connectivity index (χ2n) is 4.61. The first-order chi connectivity index (χ1) is 9.66. The number of benzene rings is 2. The fraction of sp³-hybridized carbons (Fsp3) is 0.250. The second-order valence-corrected chi connectivity index (χ2v) is 5.53. The summed E-state index contributed by atoms with van der Waals surface area (Å²) in [5.74, 6) is -1.14. The molecule has 20 heavy (non-hydrogen) atoms. The van der Waals surface area contributed by atoms with Gasteiger partial charge in [-0.15, -0.1) is 0 Å². The number of rotatable bonds is 6. The Bertz CT molecular complexity index is 535. The van der Waals surface area contributed by atoms with Crippen LogP contribution in [0.25, 0.3) is 0 Å². The molecule has 4 heteroatoms. The van der Waals surface area contributed by atoms with Crippen LogP contribution in [0.5, 0.6) is 0 Å². The average molecular weight is 340 g/mol. The quantitative estimate of drug-likeness (QED) is 0.716. The topological polar surface area (TPSA) is 12.0 Å². The molecule has 0 aliphatic rings. The largest absolute Gasteiger partial charge is 0.380 e. The van der Waals surface area contributed by atoms with Gasteiger partial charge in [0, 0.05) is 11.0 Å². The third-order valence-electron chi connectivity index (χ3n) is 3.04. The average Bonchev–Trinajstić information content (AvgIpc) is 2.42. The molecule has 2 rings (SSSR count). The molecule has 0 saturated carbocycles. The molecule has 0 atom stereocenters. The molecule has 1 nitrogen and oxygen atoms in total. The van der Waals surface area contributed by atoms with Crippen molar-refractivity contribution in [3.8, 4) is 0 Å². The van der Waals surface area contributed by atoms with E-state index in [-0.39, 0.29) is 5.69 Å². The number of nitrogens with one attached hydrogen (secondary N) is 1. The predicted octanol–water partition coefficient (Wildman–Crippen LogP) is 5.16. The summed E-state index contributed by atoms with van der Waals surface area (Å²) < 4.78 is 27.5. The van der Waals surface area contributed by atoms with E-state index in [1.807, 2.05) is 18.2 Å². The number of hydrogen-bond acceptors (Lipinski definition) is 1. The molecular weight excluding hydrogens is 324 g/mol. The fourth-order valence-electron chi connectivity index (χ4n) is 2.02. The van der Waals surface area contributed by atoms with Crippen LogP contribution in [-0.4, -0.2) is 6.54 Å². The Balaban J connectivity index is 1.76. The maximum atomic E-state index is 13.6. The number of anilines is 1. The highest BCUT2D eigenvalue weighted by atomic mass is 79.9. The Morgan fingerprint density at radius 3 is 2.25 bits per heavy atom. The van der Waals surface area contributed by atoms with E-state index in [4.69, 9.17) is 0 Å². The van der Waals surface area contributed by atoms with E-state index < -0.39 is 11.6 Å². The predicted molar refractivity (Wildman–Crippen MR) is 81.9 cm³/mol. The minimum Gasteiger partial charge on any atom is -0.380 e. The fourth-order valence-corrected chi connectivity index (χ4v) is 2.43. The van der Waals surface area contributed by atoms with E-state index >= 15 is 0 Å². The van der Waals surface area contributed by atoms with Crippen molar-refractivity contribution < 1.29 is 8.78 Å². The van der Waals surface area contributed by atoms with Crippen LogP contribution in [0.15, 0.2) is 46.9 Å². The van der Waals surface area contributed by atoms with Crippen molar-refractivity contribution in [1.82, 2.24) is 0 Å². The zero-order valence-electron chi connectivity index (χ0n) is 11.0. The monoisotopic (exact) mass is 339 g/mol. The van der Waals surface area contributed by atoms with Gasteiger partial charge in [0.15, 0.2) is 0 Å². The van der Waals surface area contributed by atoms with E-state index in [0.717, 1.165) is 19.3 Å². The molecule has 0 saturated heterocycles. The van der Waals surface area contributed by atoms with Gasteiger partial charge in [-0.05, 0) is 37.0 Å². The van der Waals surface area contributed by atoms with Gasteiger partial charge in [-0.3, -0.25) is 0 Å². The zero-order valence-corrected chi connectivity index (χ0v) is 12.6. The zero-order chi connectivity index (χ0) is 14.4. The van der Waals surface area contributed by atoms with E-state index in [0.29, 0.717) is 11.0 Å². The summed E-state index contributed by atoms with van der Waals surface area (Å²) in [6.07, 6.45) is 2.83. The number of unbranched alkanes of at least 4 members (excludes halogenated alkanes) is 1. The first-order valence-corrected chi connectivity index (χ1v) is 7.38. The summed E-state index contributed by atoms with van der Waals surface area (Å²) in [7, 11) is 0. The lowest BCUT2D eigenvalue weighted by Crippen LogP contribution is -2.06. The van der Waals surface area contributed by atoms with Gasteiger partial charge in [-0.1, -0.05) is 46.3 Å². The molecule has 0 bridgehead atoms. The molecule has 0 fully saturated rings. The van der Waals surface area contributed by atoms with Crippen molar-refractivity contribution in [2.45, 2.75) is 19.3 Å².